The Balaban J connectivity index is 1.55. The summed E-state index contributed by atoms with van der Waals surface area (Å²) in [4.78, 5) is 33.6. The van der Waals surface area contributed by atoms with E-state index in [2.05, 4.69) is 20.4 Å². The van der Waals surface area contributed by atoms with Crippen molar-refractivity contribution in [1.29, 1.82) is 0 Å². The lowest BCUT2D eigenvalue weighted by Crippen LogP contribution is -2.35. The minimum Gasteiger partial charge on any atom is -0.350 e. The van der Waals surface area contributed by atoms with Crippen molar-refractivity contribution in [2.45, 2.75) is 19.5 Å². The van der Waals surface area contributed by atoms with Gasteiger partial charge in [0.2, 0.25) is 5.91 Å². The van der Waals surface area contributed by atoms with Crippen LogP contribution in [0, 0.1) is 0 Å². The summed E-state index contributed by atoms with van der Waals surface area (Å²) in [6.45, 7) is 1.95. The largest absolute Gasteiger partial charge is 0.350 e. The zero-order valence-electron chi connectivity index (χ0n) is 14.0. The molecule has 1 atom stereocenters. The Morgan fingerprint density at radius 2 is 2.08 bits per heavy atom. The Morgan fingerprint density at radius 3 is 2.96 bits per heavy atom. The van der Waals surface area contributed by atoms with Crippen molar-refractivity contribution in [2.24, 2.45) is 0 Å². The highest BCUT2D eigenvalue weighted by molar-refractivity contribution is 5.81. The van der Waals surface area contributed by atoms with E-state index in [1.54, 1.807) is 54.3 Å². The van der Waals surface area contributed by atoms with E-state index in [4.69, 9.17) is 0 Å². The lowest BCUT2D eigenvalue weighted by atomic mass is 10.2. The predicted molar refractivity (Wildman–Crippen MR) is 95.5 cm³/mol. The van der Waals surface area contributed by atoms with Crippen LogP contribution in [0.2, 0.25) is 0 Å². The molecular weight excluding hydrogens is 332 g/mol. The molecule has 0 fully saturated rings. The van der Waals surface area contributed by atoms with Crippen LogP contribution in [0.25, 0.3) is 16.6 Å². The molecule has 1 N–H and O–H groups in total. The van der Waals surface area contributed by atoms with Crippen LogP contribution in [-0.4, -0.2) is 30.1 Å². The van der Waals surface area contributed by atoms with E-state index >= 15 is 0 Å². The molecule has 4 rings (SSSR count). The van der Waals surface area contributed by atoms with Crippen LogP contribution in [0.1, 0.15) is 18.5 Å². The number of carbonyl (C=O) groups excluding carboxylic acids is 1. The number of nitrogens with one attached hydrogen (secondary N) is 1. The van der Waals surface area contributed by atoms with E-state index in [1.165, 1.54) is 10.9 Å². The summed E-state index contributed by atoms with van der Waals surface area (Å²) in [5.41, 5.74) is 1.86. The molecule has 8 nitrogen and oxygen atoms in total. The molecule has 3 heterocycles. The molecule has 0 bridgehead atoms. The molecule has 26 heavy (non-hydrogen) atoms. The fraction of sp³-hybridized carbons (Fsp3) is 0.167. The van der Waals surface area contributed by atoms with Gasteiger partial charge in [0.1, 0.15) is 6.04 Å². The van der Waals surface area contributed by atoms with Gasteiger partial charge in [0, 0.05) is 24.5 Å². The Kier molecular flexibility index (Phi) is 3.92. The summed E-state index contributed by atoms with van der Waals surface area (Å²) in [5, 5.41) is 7.50. The summed E-state index contributed by atoms with van der Waals surface area (Å²) in [6.07, 6.45) is 6.53. The second kappa shape index (κ2) is 6.40. The Bertz CT molecular complexity index is 1160. The van der Waals surface area contributed by atoms with Crippen LogP contribution < -0.4 is 10.9 Å². The normalized spacial score (nSPS) is 12.3. The van der Waals surface area contributed by atoms with Gasteiger partial charge in [-0.3, -0.25) is 14.2 Å². The molecule has 1 unspecified atom stereocenters. The first-order valence-corrected chi connectivity index (χ1v) is 8.16. The average Bonchev–Trinajstić information content (AvgIpc) is 3.09. The van der Waals surface area contributed by atoms with E-state index in [-0.39, 0.29) is 18.0 Å². The highest BCUT2D eigenvalue weighted by Gasteiger charge is 2.18. The summed E-state index contributed by atoms with van der Waals surface area (Å²) in [7, 11) is 0. The maximum atomic E-state index is 12.6. The van der Waals surface area contributed by atoms with E-state index in [0.29, 0.717) is 16.6 Å². The molecular formula is C18H16N6O2. The maximum Gasteiger partial charge on any atom is 0.261 e. The number of hydrogen-bond donors (Lipinski definition) is 1. The topological polar surface area (TPSA) is 94.2 Å². The predicted octanol–water partition coefficient (Wildman–Crippen LogP) is 1.32. The summed E-state index contributed by atoms with van der Waals surface area (Å²) in [6, 6.07) is 8.16. The first-order valence-electron chi connectivity index (χ1n) is 8.16. The maximum absolute atomic E-state index is 12.6. The molecule has 1 amide bonds. The van der Waals surface area contributed by atoms with Crippen LogP contribution in [0.5, 0.6) is 0 Å². The van der Waals surface area contributed by atoms with Gasteiger partial charge in [-0.1, -0.05) is 12.1 Å². The van der Waals surface area contributed by atoms with Gasteiger partial charge in [-0.2, -0.15) is 5.10 Å². The SMILES string of the molecule is CC(C(=O)NCc1cnn2cccnc12)n1cnc2ccccc2c1=O. The molecule has 0 saturated heterocycles. The van der Waals surface area contributed by atoms with Gasteiger partial charge in [0.05, 0.1) is 23.4 Å². The van der Waals surface area contributed by atoms with Crippen molar-refractivity contribution >= 4 is 22.5 Å². The standard InChI is InChI=1S/C18H16N6O2/c1-12(23-11-21-15-6-3-2-5-14(15)18(23)26)17(25)20-9-13-10-22-24-8-4-7-19-16(13)24/h2-8,10-12H,9H2,1H3,(H,20,25). The fourth-order valence-corrected chi connectivity index (χ4v) is 2.82. The van der Waals surface area contributed by atoms with Crippen molar-refractivity contribution in [3.05, 3.63) is 71.2 Å². The number of aromatic nitrogens is 5. The summed E-state index contributed by atoms with van der Waals surface area (Å²) >= 11 is 0. The van der Waals surface area contributed by atoms with Gasteiger partial charge < -0.3 is 5.32 Å². The second-order valence-electron chi connectivity index (χ2n) is 5.93. The van der Waals surface area contributed by atoms with E-state index in [1.807, 2.05) is 6.07 Å². The number of amides is 1. The number of para-hydroxylation sites is 1. The van der Waals surface area contributed by atoms with E-state index < -0.39 is 6.04 Å². The van der Waals surface area contributed by atoms with Crippen LogP contribution in [-0.2, 0) is 11.3 Å². The molecule has 0 spiro atoms. The third kappa shape index (κ3) is 2.71. The lowest BCUT2D eigenvalue weighted by Gasteiger charge is -2.15. The van der Waals surface area contributed by atoms with Crippen LogP contribution in [0.15, 0.2) is 60.0 Å². The minimum absolute atomic E-state index is 0.240. The van der Waals surface area contributed by atoms with Gasteiger partial charge in [0.15, 0.2) is 5.65 Å². The molecule has 3 aromatic heterocycles. The van der Waals surface area contributed by atoms with E-state index in [0.717, 1.165) is 5.56 Å². The number of carbonyl (C=O) groups is 1. The number of rotatable bonds is 4. The van der Waals surface area contributed by atoms with Gasteiger partial charge in [-0.05, 0) is 25.1 Å². The highest BCUT2D eigenvalue weighted by Crippen LogP contribution is 2.10. The van der Waals surface area contributed by atoms with Crippen molar-refractivity contribution in [3.63, 3.8) is 0 Å². The van der Waals surface area contributed by atoms with Crippen LogP contribution >= 0.6 is 0 Å². The number of benzene rings is 1. The van der Waals surface area contributed by atoms with Crippen molar-refractivity contribution < 1.29 is 4.79 Å². The molecule has 1 aromatic carbocycles. The van der Waals surface area contributed by atoms with Gasteiger partial charge in [-0.25, -0.2) is 14.5 Å². The first kappa shape index (κ1) is 15.9. The number of fused-ring (bicyclic) bond motifs is 2. The number of hydrogen-bond acceptors (Lipinski definition) is 5. The summed E-state index contributed by atoms with van der Waals surface area (Å²) in [5.74, 6) is -0.278. The Labute approximate surface area is 148 Å². The zero-order valence-corrected chi connectivity index (χ0v) is 14.0. The van der Waals surface area contributed by atoms with Crippen LogP contribution in [0.3, 0.4) is 0 Å². The minimum atomic E-state index is -0.686. The zero-order chi connectivity index (χ0) is 18.1. The fourth-order valence-electron chi connectivity index (χ4n) is 2.82. The molecule has 0 aliphatic heterocycles. The Hall–Kier alpha value is -3.55. The third-order valence-corrected chi connectivity index (χ3v) is 4.29. The van der Waals surface area contributed by atoms with Gasteiger partial charge >= 0.3 is 0 Å². The van der Waals surface area contributed by atoms with Gasteiger partial charge in [0.25, 0.3) is 5.56 Å². The third-order valence-electron chi connectivity index (χ3n) is 4.29. The molecule has 0 radical (unpaired) electrons. The quantitative estimate of drug-likeness (QED) is 0.600. The van der Waals surface area contributed by atoms with Crippen LogP contribution in [0.4, 0.5) is 0 Å². The smallest absolute Gasteiger partial charge is 0.261 e. The van der Waals surface area contributed by atoms with Crippen molar-refractivity contribution in [1.82, 2.24) is 29.5 Å². The molecule has 130 valence electrons. The summed E-state index contributed by atoms with van der Waals surface area (Å²) < 4.78 is 2.98. The van der Waals surface area contributed by atoms with Crippen molar-refractivity contribution in [3.8, 4) is 0 Å². The Morgan fingerprint density at radius 1 is 1.23 bits per heavy atom. The molecule has 0 aliphatic carbocycles. The lowest BCUT2D eigenvalue weighted by molar-refractivity contribution is -0.124. The van der Waals surface area contributed by atoms with Gasteiger partial charge in [-0.15, -0.1) is 0 Å². The highest BCUT2D eigenvalue weighted by atomic mass is 16.2. The molecule has 0 saturated carbocycles. The van der Waals surface area contributed by atoms with E-state index in [9.17, 15) is 9.59 Å². The average molecular weight is 348 g/mol. The molecule has 0 aliphatic rings. The number of nitrogens with zero attached hydrogens (tertiary/aromatic N) is 5. The van der Waals surface area contributed by atoms with Crippen molar-refractivity contribution in [2.75, 3.05) is 0 Å². The monoisotopic (exact) mass is 348 g/mol. The molecule has 8 heteroatoms. The second-order valence-corrected chi connectivity index (χ2v) is 5.93. The molecule has 4 aromatic rings. The first-order chi connectivity index (χ1) is 12.6.